The van der Waals surface area contributed by atoms with Crippen molar-refractivity contribution in [1.29, 1.82) is 0 Å². The number of aryl methyl sites for hydroxylation is 1. The number of benzene rings is 2. The van der Waals surface area contributed by atoms with Crippen molar-refractivity contribution in [3.63, 3.8) is 0 Å². The summed E-state index contributed by atoms with van der Waals surface area (Å²) >= 11 is 3.49. The van der Waals surface area contributed by atoms with Gasteiger partial charge in [-0.25, -0.2) is 0 Å². The van der Waals surface area contributed by atoms with Gasteiger partial charge in [0.2, 0.25) is 17.7 Å². The van der Waals surface area contributed by atoms with Gasteiger partial charge in [-0.05, 0) is 65.8 Å². The number of amides is 3. The molecule has 0 spiro atoms. The molecular weight excluding hydrogens is 492 g/mol. The molecule has 0 aromatic heterocycles. The zero-order chi connectivity index (χ0) is 23.6. The number of allylic oxidation sites excluding steroid dienone is 2. The lowest BCUT2D eigenvalue weighted by atomic mass is 9.63. The molecule has 4 aliphatic carbocycles. The molecule has 2 aromatic rings. The number of rotatable bonds is 6. The maximum absolute atomic E-state index is 13.7. The fourth-order valence-electron chi connectivity index (χ4n) is 6.62. The first kappa shape index (κ1) is 21.8. The van der Waals surface area contributed by atoms with E-state index < -0.39 is 6.04 Å². The monoisotopic (exact) mass is 518 g/mol. The van der Waals surface area contributed by atoms with E-state index in [1.807, 2.05) is 55.5 Å². The highest BCUT2D eigenvalue weighted by molar-refractivity contribution is 9.10. The predicted octanol–water partition coefficient (Wildman–Crippen LogP) is 4.61. The highest BCUT2D eigenvalue weighted by Gasteiger charge is 2.67. The molecule has 1 aliphatic heterocycles. The van der Waals surface area contributed by atoms with Crippen LogP contribution in [0.1, 0.15) is 24.5 Å². The summed E-state index contributed by atoms with van der Waals surface area (Å²) in [5.41, 5.74) is 2.64. The van der Waals surface area contributed by atoms with E-state index in [4.69, 9.17) is 0 Å². The van der Waals surface area contributed by atoms with Gasteiger partial charge in [0.25, 0.3) is 0 Å². The third-order valence-electron chi connectivity index (χ3n) is 8.29. The maximum Gasteiger partial charge on any atom is 0.248 e. The van der Waals surface area contributed by atoms with Gasteiger partial charge in [-0.2, -0.15) is 0 Å². The first-order chi connectivity index (χ1) is 16.5. The number of nitrogens with one attached hydrogen (secondary N) is 1. The summed E-state index contributed by atoms with van der Waals surface area (Å²) in [6.45, 7) is 2.03. The minimum Gasteiger partial charge on any atom is -0.324 e. The average molecular weight is 519 g/mol. The molecule has 3 amide bonds. The molecule has 2 aromatic carbocycles. The standard InChI is InChI=1S/C28H27BrN2O3/c1-2-16-13-17(29)8-11-22(16)30-26(32)23(12-15-6-4-3-5-7-15)31-27(33)24-18-9-10-19(21-14-20(18)21)25(24)28(31)34/h3-11,13,18-21,23-25H,2,12,14H2,1H3,(H,30,32)/t18-,19-,20-,21-,23-,24-,25+/m0/s1. The van der Waals surface area contributed by atoms with Crippen LogP contribution in [-0.2, 0) is 27.2 Å². The summed E-state index contributed by atoms with van der Waals surface area (Å²) in [4.78, 5) is 42.5. The Balaban J connectivity index is 1.34. The van der Waals surface area contributed by atoms with Crippen molar-refractivity contribution >= 4 is 39.3 Å². The Bertz CT molecular complexity index is 1170. The number of imide groups is 1. The van der Waals surface area contributed by atoms with E-state index in [1.54, 1.807) is 0 Å². The number of carbonyl (C=O) groups is 3. The Morgan fingerprint density at radius 2 is 1.68 bits per heavy atom. The SMILES string of the molecule is CCc1cc(Br)ccc1NC(=O)[C@H](Cc1ccccc1)N1C(=O)[C@@H]2[C@H]3C=C[C@@H]([C@@H]4C[C@@H]34)[C@@H]2C1=O. The molecule has 0 unspecified atom stereocenters. The van der Waals surface area contributed by atoms with Crippen molar-refractivity contribution in [2.45, 2.75) is 32.2 Å². The van der Waals surface area contributed by atoms with Crippen molar-refractivity contribution in [2.24, 2.45) is 35.5 Å². The Hall–Kier alpha value is -2.73. The van der Waals surface area contributed by atoms with E-state index in [9.17, 15) is 14.4 Å². The van der Waals surface area contributed by atoms with E-state index in [2.05, 4.69) is 33.4 Å². The first-order valence-electron chi connectivity index (χ1n) is 12.2. The number of hydrogen-bond donors (Lipinski definition) is 1. The van der Waals surface area contributed by atoms with Crippen LogP contribution >= 0.6 is 15.9 Å². The van der Waals surface area contributed by atoms with Crippen LogP contribution in [-0.4, -0.2) is 28.7 Å². The average Bonchev–Trinajstić information content (AvgIpc) is 3.63. The molecule has 0 radical (unpaired) electrons. The molecule has 3 fully saturated rings. The fraction of sp³-hybridized carbons (Fsp3) is 0.393. The Morgan fingerprint density at radius 3 is 2.29 bits per heavy atom. The number of hydrogen-bond acceptors (Lipinski definition) is 3. The van der Waals surface area contributed by atoms with Crippen LogP contribution in [0.25, 0.3) is 0 Å². The second kappa shape index (κ2) is 8.19. The number of nitrogens with zero attached hydrogens (tertiary/aromatic N) is 1. The van der Waals surface area contributed by atoms with Gasteiger partial charge in [0, 0.05) is 16.6 Å². The number of carbonyl (C=O) groups excluding carboxylic acids is 3. The van der Waals surface area contributed by atoms with Gasteiger partial charge in [0.05, 0.1) is 11.8 Å². The molecule has 1 N–H and O–H groups in total. The second-order valence-electron chi connectivity index (χ2n) is 10.1. The van der Waals surface area contributed by atoms with Gasteiger partial charge in [0.1, 0.15) is 6.04 Å². The first-order valence-corrected chi connectivity index (χ1v) is 13.0. The number of anilines is 1. The van der Waals surface area contributed by atoms with Gasteiger partial charge in [-0.15, -0.1) is 0 Å². The smallest absolute Gasteiger partial charge is 0.248 e. The van der Waals surface area contributed by atoms with Crippen LogP contribution in [0.3, 0.4) is 0 Å². The summed E-state index contributed by atoms with van der Waals surface area (Å²) in [6, 6.07) is 14.5. The molecular formula is C28H27BrN2O3. The minimum absolute atomic E-state index is 0.139. The molecule has 6 heteroatoms. The predicted molar refractivity (Wildman–Crippen MR) is 133 cm³/mol. The fourth-order valence-corrected chi connectivity index (χ4v) is 7.03. The van der Waals surface area contributed by atoms with Crippen LogP contribution in [0.15, 0.2) is 65.2 Å². The van der Waals surface area contributed by atoms with E-state index in [-0.39, 0.29) is 41.4 Å². The van der Waals surface area contributed by atoms with E-state index in [0.29, 0.717) is 23.9 Å². The minimum atomic E-state index is -0.878. The highest BCUT2D eigenvalue weighted by atomic mass is 79.9. The molecule has 1 heterocycles. The van der Waals surface area contributed by atoms with E-state index in [0.717, 1.165) is 28.4 Å². The van der Waals surface area contributed by atoms with Crippen molar-refractivity contribution in [1.82, 2.24) is 4.90 Å². The third kappa shape index (κ3) is 3.37. The molecule has 2 saturated carbocycles. The van der Waals surface area contributed by atoms with Crippen molar-refractivity contribution < 1.29 is 14.4 Å². The molecule has 174 valence electrons. The zero-order valence-electron chi connectivity index (χ0n) is 19.0. The van der Waals surface area contributed by atoms with Crippen molar-refractivity contribution in [2.75, 3.05) is 5.32 Å². The molecule has 7 rings (SSSR count). The van der Waals surface area contributed by atoms with Gasteiger partial charge in [0.15, 0.2) is 0 Å². The van der Waals surface area contributed by atoms with Crippen molar-refractivity contribution in [3.05, 3.63) is 76.3 Å². The van der Waals surface area contributed by atoms with Crippen molar-refractivity contribution in [3.8, 4) is 0 Å². The Morgan fingerprint density at radius 1 is 1.03 bits per heavy atom. The van der Waals surface area contributed by atoms with Gasteiger partial charge in [-0.1, -0.05) is 65.3 Å². The quantitative estimate of drug-likeness (QED) is 0.448. The van der Waals surface area contributed by atoms with Gasteiger partial charge >= 0.3 is 0 Å². The number of likely N-dealkylation sites (tertiary alicyclic amines) is 1. The van der Waals surface area contributed by atoms with Crippen LogP contribution in [0.2, 0.25) is 0 Å². The zero-order valence-corrected chi connectivity index (χ0v) is 20.6. The van der Waals surface area contributed by atoms with E-state index in [1.165, 1.54) is 4.90 Å². The summed E-state index contributed by atoms with van der Waals surface area (Å²) in [7, 11) is 0. The highest BCUT2D eigenvalue weighted by Crippen LogP contribution is 2.65. The lowest BCUT2D eigenvalue weighted by molar-refractivity contribution is -0.146. The molecule has 1 saturated heterocycles. The molecule has 5 aliphatic rings. The normalized spacial score (nSPS) is 31.3. The maximum atomic E-state index is 13.7. The molecule has 5 nitrogen and oxygen atoms in total. The molecule has 7 atom stereocenters. The number of halogens is 1. The summed E-state index contributed by atoms with van der Waals surface area (Å²) in [6.07, 6.45) is 6.50. The van der Waals surface area contributed by atoms with Gasteiger partial charge < -0.3 is 5.32 Å². The second-order valence-corrected chi connectivity index (χ2v) is 11.0. The molecule has 34 heavy (non-hydrogen) atoms. The Labute approximate surface area is 207 Å². The third-order valence-corrected chi connectivity index (χ3v) is 8.78. The summed E-state index contributed by atoms with van der Waals surface area (Å²) in [5, 5.41) is 3.04. The van der Waals surface area contributed by atoms with Gasteiger partial charge in [-0.3, -0.25) is 19.3 Å². The largest absolute Gasteiger partial charge is 0.324 e. The van der Waals surface area contributed by atoms with Crippen LogP contribution in [0.5, 0.6) is 0 Å². The lowest BCUT2D eigenvalue weighted by Gasteiger charge is -2.37. The van der Waals surface area contributed by atoms with Crippen LogP contribution in [0.4, 0.5) is 5.69 Å². The Kier molecular flexibility index (Phi) is 5.25. The summed E-state index contributed by atoms with van der Waals surface area (Å²) < 4.78 is 0.943. The topological polar surface area (TPSA) is 66.5 Å². The van der Waals surface area contributed by atoms with Crippen LogP contribution < -0.4 is 5.32 Å². The molecule has 2 bridgehead atoms. The summed E-state index contributed by atoms with van der Waals surface area (Å²) in [5.74, 6) is 0.0808. The van der Waals surface area contributed by atoms with Crippen LogP contribution in [0, 0.1) is 35.5 Å². The van der Waals surface area contributed by atoms with E-state index >= 15 is 0 Å². The lowest BCUT2D eigenvalue weighted by Crippen LogP contribution is -2.49.